The Kier molecular flexibility index (Phi) is 4.38. The number of carboxylic acids is 1. The van der Waals surface area contributed by atoms with Gasteiger partial charge in [-0.1, -0.05) is 17.4 Å². The van der Waals surface area contributed by atoms with Crippen molar-refractivity contribution in [2.24, 2.45) is 0 Å². The molecule has 2 aromatic heterocycles. The minimum Gasteiger partial charge on any atom is -0.478 e. The van der Waals surface area contributed by atoms with E-state index < -0.39 is 10.9 Å². The average molecular weight is 308 g/mol. The SMILES string of the molecule is O=C(O)/C=C/c1cnc(/C=C/c2csc([N+](=O)[O-])c2)s1. The van der Waals surface area contributed by atoms with E-state index in [1.807, 2.05) is 0 Å². The van der Waals surface area contributed by atoms with Crippen LogP contribution >= 0.6 is 22.7 Å². The summed E-state index contributed by atoms with van der Waals surface area (Å²) >= 11 is 2.39. The maximum atomic E-state index is 10.5. The fraction of sp³-hybridized carbons (Fsp3) is 0. The molecule has 0 saturated carbocycles. The fourth-order valence-corrected chi connectivity index (χ4v) is 2.72. The molecule has 0 aromatic carbocycles. The van der Waals surface area contributed by atoms with Crippen molar-refractivity contribution in [3.8, 4) is 0 Å². The minimum atomic E-state index is -1.01. The quantitative estimate of drug-likeness (QED) is 0.519. The molecule has 0 spiro atoms. The molecule has 0 saturated heterocycles. The van der Waals surface area contributed by atoms with Gasteiger partial charge in [-0.15, -0.1) is 11.3 Å². The van der Waals surface area contributed by atoms with Gasteiger partial charge in [0, 0.05) is 28.6 Å². The summed E-state index contributed by atoms with van der Waals surface area (Å²) in [7, 11) is 0. The lowest BCUT2D eigenvalue weighted by molar-refractivity contribution is -0.380. The number of rotatable bonds is 5. The molecule has 0 aliphatic heterocycles. The zero-order valence-corrected chi connectivity index (χ0v) is 11.6. The highest BCUT2D eigenvalue weighted by atomic mass is 32.1. The number of hydrogen-bond donors (Lipinski definition) is 1. The van der Waals surface area contributed by atoms with Gasteiger partial charge in [-0.05, 0) is 17.7 Å². The van der Waals surface area contributed by atoms with Crippen molar-refractivity contribution in [3.05, 3.63) is 49.3 Å². The van der Waals surface area contributed by atoms with Crippen LogP contribution in [0.3, 0.4) is 0 Å². The van der Waals surface area contributed by atoms with Crippen molar-refractivity contribution in [1.82, 2.24) is 4.98 Å². The molecule has 0 atom stereocenters. The molecule has 102 valence electrons. The number of nitrogens with zero attached hydrogens (tertiary/aromatic N) is 2. The van der Waals surface area contributed by atoms with Gasteiger partial charge in [0.15, 0.2) is 0 Å². The zero-order valence-electron chi connectivity index (χ0n) is 9.92. The Bertz CT molecular complexity index is 700. The van der Waals surface area contributed by atoms with Gasteiger partial charge in [0.25, 0.3) is 0 Å². The van der Waals surface area contributed by atoms with Crippen LogP contribution in [0.4, 0.5) is 5.00 Å². The highest BCUT2D eigenvalue weighted by Gasteiger charge is 2.07. The second kappa shape index (κ2) is 6.22. The Hall–Kier alpha value is -2.32. The van der Waals surface area contributed by atoms with E-state index in [1.54, 1.807) is 23.7 Å². The first-order valence-corrected chi connectivity index (χ1v) is 7.02. The molecule has 0 fully saturated rings. The molecule has 6 nitrogen and oxygen atoms in total. The molecule has 8 heteroatoms. The molecule has 0 bridgehead atoms. The molecule has 0 aliphatic carbocycles. The second-order valence-electron chi connectivity index (χ2n) is 3.58. The number of aliphatic carboxylic acids is 1. The third-order valence-corrected chi connectivity index (χ3v) is 3.96. The molecule has 0 radical (unpaired) electrons. The van der Waals surface area contributed by atoms with E-state index >= 15 is 0 Å². The third-order valence-electron chi connectivity index (χ3n) is 2.14. The van der Waals surface area contributed by atoms with Gasteiger partial charge in [-0.25, -0.2) is 9.78 Å². The Balaban J connectivity index is 2.07. The predicted octanol–water partition coefficient (Wildman–Crippen LogP) is 3.38. The summed E-state index contributed by atoms with van der Waals surface area (Å²) in [5.41, 5.74) is 0.736. The molecule has 0 aliphatic rings. The fourth-order valence-electron chi connectivity index (χ4n) is 1.30. The Morgan fingerprint density at radius 1 is 1.40 bits per heavy atom. The van der Waals surface area contributed by atoms with Crippen molar-refractivity contribution >= 4 is 51.9 Å². The molecule has 0 unspecified atom stereocenters. The number of thiazole rings is 1. The van der Waals surface area contributed by atoms with Crippen LogP contribution in [0, 0.1) is 10.1 Å². The normalized spacial score (nSPS) is 11.4. The molecule has 2 aromatic rings. The van der Waals surface area contributed by atoms with Crippen molar-refractivity contribution in [2.45, 2.75) is 0 Å². The molecular formula is C12H8N2O4S2. The first kappa shape index (κ1) is 14.1. The van der Waals surface area contributed by atoms with Crippen LogP contribution in [0.2, 0.25) is 0 Å². The predicted molar refractivity (Wildman–Crippen MR) is 78.7 cm³/mol. The standard InChI is InChI=1S/C12H8N2O4S2/c15-12(16)4-2-9-6-13-10(20-9)3-1-8-5-11(14(17)18)19-7-8/h1-7H,(H,15,16)/b3-1+,4-2+. The third kappa shape index (κ3) is 3.84. The highest BCUT2D eigenvalue weighted by molar-refractivity contribution is 7.13. The summed E-state index contributed by atoms with van der Waals surface area (Å²) in [5, 5.41) is 21.5. The van der Waals surface area contributed by atoms with E-state index in [-0.39, 0.29) is 5.00 Å². The van der Waals surface area contributed by atoms with E-state index in [4.69, 9.17) is 5.11 Å². The lowest BCUT2D eigenvalue weighted by Gasteiger charge is -1.83. The van der Waals surface area contributed by atoms with Gasteiger partial charge in [0.2, 0.25) is 0 Å². The van der Waals surface area contributed by atoms with Crippen molar-refractivity contribution in [1.29, 1.82) is 0 Å². The summed E-state index contributed by atoms with van der Waals surface area (Å²) in [6, 6.07) is 1.49. The highest BCUT2D eigenvalue weighted by Crippen LogP contribution is 2.24. The van der Waals surface area contributed by atoms with Gasteiger partial charge in [-0.3, -0.25) is 10.1 Å². The number of thiophene rings is 1. The minimum absolute atomic E-state index is 0.0915. The smallest absolute Gasteiger partial charge is 0.328 e. The van der Waals surface area contributed by atoms with E-state index in [2.05, 4.69) is 4.98 Å². The molecular weight excluding hydrogens is 300 g/mol. The first-order chi connectivity index (χ1) is 9.54. The van der Waals surface area contributed by atoms with E-state index in [1.165, 1.54) is 23.5 Å². The van der Waals surface area contributed by atoms with Gasteiger partial charge >= 0.3 is 11.0 Å². The van der Waals surface area contributed by atoms with Gasteiger partial charge in [0.1, 0.15) is 5.01 Å². The summed E-state index contributed by atoms with van der Waals surface area (Å²) in [4.78, 5) is 25.3. The average Bonchev–Trinajstić information content (AvgIpc) is 3.03. The molecule has 2 heterocycles. The van der Waals surface area contributed by atoms with E-state index in [0.717, 1.165) is 27.9 Å². The van der Waals surface area contributed by atoms with Crippen LogP contribution in [-0.4, -0.2) is 21.0 Å². The Morgan fingerprint density at radius 2 is 2.20 bits per heavy atom. The Morgan fingerprint density at radius 3 is 2.85 bits per heavy atom. The van der Waals surface area contributed by atoms with Crippen LogP contribution in [0.1, 0.15) is 15.4 Å². The molecule has 2 rings (SSSR count). The van der Waals surface area contributed by atoms with E-state index in [9.17, 15) is 14.9 Å². The molecule has 1 N–H and O–H groups in total. The van der Waals surface area contributed by atoms with Gasteiger partial charge in [-0.2, -0.15) is 0 Å². The van der Waals surface area contributed by atoms with Crippen molar-refractivity contribution in [3.63, 3.8) is 0 Å². The van der Waals surface area contributed by atoms with Crippen LogP contribution in [0.15, 0.2) is 23.7 Å². The van der Waals surface area contributed by atoms with E-state index in [0.29, 0.717) is 5.01 Å². The Labute approximate surface area is 121 Å². The second-order valence-corrected chi connectivity index (χ2v) is 5.56. The summed E-state index contributed by atoms with van der Waals surface area (Å²) in [6.45, 7) is 0. The van der Waals surface area contributed by atoms with Crippen molar-refractivity contribution < 1.29 is 14.8 Å². The number of carboxylic acid groups (broad SMARTS) is 1. The lowest BCUT2D eigenvalue weighted by atomic mass is 10.3. The summed E-state index contributed by atoms with van der Waals surface area (Å²) in [6.07, 6.45) is 7.54. The van der Waals surface area contributed by atoms with Crippen LogP contribution in [0.25, 0.3) is 18.2 Å². The largest absolute Gasteiger partial charge is 0.478 e. The lowest BCUT2D eigenvalue weighted by Crippen LogP contribution is -1.84. The van der Waals surface area contributed by atoms with Gasteiger partial charge in [0.05, 0.1) is 4.92 Å². The molecule has 20 heavy (non-hydrogen) atoms. The van der Waals surface area contributed by atoms with Crippen LogP contribution in [0.5, 0.6) is 0 Å². The monoisotopic (exact) mass is 308 g/mol. The first-order valence-electron chi connectivity index (χ1n) is 5.32. The summed E-state index contributed by atoms with van der Waals surface area (Å²) < 4.78 is 0. The van der Waals surface area contributed by atoms with Crippen LogP contribution in [-0.2, 0) is 4.79 Å². The maximum absolute atomic E-state index is 10.5. The number of hydrogen-bond acceptors (Lipinski definition) is 6. The maximum Gasteiger partial charge on any atom is 0.328 e. The zero-order chi connectivity index (χ0) is 14.5. The van der Waals surface area contributed by atoms with Crippen molar-refractivity contribution in [2.75, 3.05) is 0 Å². The van der Waals surface area contributed by atoms with Crippen LogP contribution < -0.4 is 0 Å². The topological polar surface area (TPSA) is 93.3 Å². The number of nitro groups is 1. The number of aromatic nitrogens is 1. The summed E-state index contributed by atoms with van der Waals surface area (Å²) in [5.74, 6) is -1.01. The number of carbonyl (C=O) groups is 1. The molecule has 0 amide bonds. The van der Waals surface area contributed by atoms with Gasteiger partial charge < -0.3 is 5.11 Å².